The van der Waals surface area contributed by atoms with Gasteiger partial charge in [-0.2, -0.15) is 0 Å². The molecule has 2 amide bonds. The largest absolute Gasteiger partial charge is 0.361 e. The predicted octanol–water partition coefficient (Wildman–Crippen LogP) is 3.31. The molecule has 3 rings (SSSR count). The molecule has 3 N–H and O–H groups in total. The third-order valence-electron chi connectivity index (χ3n) is 4.62. The zero-order valence-electron chi connectivity index (χ0n) is 16.3. The average molecular weight is 378 g/mol. The lowest BCUT2D eigenvalue weighted by molar-refractivity contribution is 0.0947. The van der Waals surface area contributed by atoms with Crippen LogP contribution in [-0.4, -0.2) is 34.9 Å². The van der Waals surface area contributed by atoms with Crippen LogP contribution in [-0.2, 0) is 6.42 Å². The van der Waals surface area contributed by atoms with Gasteiger partial charge in [-0.25, -0.2) is 0 Å². The van der Waals surface area contributed by atoms with Gasteiger partial charge < -0.3 is 15.6 Å². The van der Waals surface area contributed by atoms with Gasteiger partial charge in [-0.1, -0.05) is 32.0 Å². The molecule has 0 spiro atoms. The molecule has 6 nitrogen and oxygen atoms in total. The molecule has 6 heteroatoms. The summed E-state index contributed by atoms with van der Waals surface area (Å²) in [5, 5.41) is 6.92. The highest BCUT2D eigenvalue weighted by Crippen LogP contribution is 2.17. The van der Waals surface area contributed by atoms with Crippen molar-refractivity contribution in [3.8, 4) is 0 Å². The van der Waals surface area contributed by atoms with Crippen LogP contribution in [0.4, 0.5) is 0 Å². The summed E-state index contributed by atoms with van der Waals surface area (Å²) >= 11 is 0. The third kappa shape index (κ3) is 4.97. The van der Waals surface area contributed by atoms with E-state index >= 15 is 0 Å². The fraction of sp³-hybridized carbons (Fsp3) is 0.318. The molecular weight excluding hydrogens is 352 g/mol. The second-order valence-corrected chi connectivity index (χ2v) is 7.23. The number of fused-ring (bicyclic) bond motifs is 1. The first-order valence-corrected chi connectivity index (χ1v) is 9.62. The van der Waals surface area contributed by atoms with Crippen molar-refractivity contribution >= 4 is 22.7 Å². The van der Waals surface area contributed by atoms with Crippen molar-refractivity contribution in [2.24, 2.45) is 5.92 Å². The molecule has 3 aromatic rings. The maximum absolute atomic E-state index is 12.4. The molecule has 0 aliphatic rings. The van der Waals surface area contributed by atoms with E-state index in [2.05, 4.69) is 40.5 Å². The van der Waals surface area contributed by atoms with Crippen LogP contribution in [0, 0.1) is 5.92 Å². The van der Waals surface area contributed by atoms with Crippen LogP contribution < -0.4 is 10.6 Å². The predicted molar refractivity (Wildman–Crippen MR) is 110 cm³/mol. The number of carbonyl (C=O) groups excluding carboxylic acids is 2. The molecule has 0 radical (unpaired) electrons. The Morgan fingerprint density at radius 1 is 1.07 bits per heavy atom. The summed E-state index contributed by atoms with van der Waals surface area (Å²) in [6, 6.07) is 11.2. The van der Waals surface area contributed by atoms with Crippen LogP contribution >= 0.6 is 0 Å². The highest BCUT2D eigenvalue weighted by Gasteiger charge is 2.12. The summed E-state index contributed by atoms with van der Waals surface area (Å²) in [6.45, 7) is 5.31. The number of aromatic amines is 1. The lowest BCUT2D eigenvalue weighted by atomic mass is 10.1. The van der Waals surface area contributed by atoms with E-state index in [0.29, 0.717) is 24.6 Å². The summed E-state index contributed by atoms with van der Waals surface area (Å²) < 4.78 is 0. The van der Waals surface area contributed by atoms with Crippen molar-refractivity contribution in [2.45, 2.75) is 26.7 Å². The number of para-hydroxylation sites is 1. The third-order valence-corrected chi connectivity index (χ3v) is 4.62. The molecular formula is C22H26N4O2. The lowest BCUT2D eigenvalue weighted by Gasteiger charge is -2.08. The number of benzene rings is 1. The first-order valence-electron chi connectivity index (χ1n) is 9.62. The molecule has 1 aromatic carbocycles. The van der Waals surface area contributed by atoms with Crippen molar-refractivity contribution in [2.75, 3.05) is 13.1 Å². The number of rotatable bonds is 8. The van der Waals surface area contributed by atoms with Crippen LogP contribution in [0.25, 0.3) is 10.9 Å². The number of pyridine rings is 1. The number of H-pyrrole nitrogens is 1. The van der Waals surface area contributed by atoms with E-state index in [1.165, 1.54) is 17.6 Å². The fourth-order valence-electron chi connectivity index (χ4n) is 3.01. The first-order chi connectivity index (χ1) is 13.5. The van der Waals surface area contributed by atoms with Crippen LogP contribution in [0.15, 0.2) is 48.8 Å². The molecule has 0 saturated heterocycles. The van der Waals surface area contributed by atoms with Crippen molar-refractivity contribution < 1.29 is 9.59 Å². The maximum Gasteiger partial charge on any atom is 0.269 e. The van der Waals surface area contributed by atoms with Crippen molar-refractivity contribution in [1.29, 1.82) is 0 Å². The van der Waals surface area contributed by atoms with Crippen molar-refractivity contribution in [1.82, 2.24) is 20.6 Å². The summed E-state index contributed by atoms with van der Waals surface area (Å²) in [6.07, 6.45) is 5.10. The number of carbonyl (C=O) groups is 2. The van der Waals surface area contributed by atoms with Gasteiger partial charge in [-0.3, -0.25) is 14.6 Å². The van der Waals surface area contributed by atoms with Crippen LogP contribution in [0.1, 0.15) is 46.7 Å². The molecule has 28 heavy (non-hydrogen) atoms. The van der Waals surface area contributed by atoms with Gasteiger partial charge in [0, 0.05) is 41.9 Å². The maximum atomic E-state index is 12.4. The van der Waals surface area contributed by atoms with Crippen LogP contribution in [0.3, 0.4) is 0 Å². The normalized spacial score (nSPS) is 11.0. The quantitative estimate of drug-likeness (QED) is 0.562. The van der Waals surface area contributed by atoms with Gasteiger partial charge in [0.2, 0.25) is 0 Å². The SMILES string of the molecule is CC(C)CCNC(=O)c1cc(C(=O)NCCc2c[nH]c3ccccc23)ccn1. The van der Waals surface area contributed by atoms with Crippen LogP contribution in [0.5, 0.6) is 0 Å². The minimum atomic E-state index is -0.255. The molecule has 0 aliphatic heterocycles. The van der Waals surface area contributed by atoms with Gasteiger partial charge in [0.05, 0.1) is 0 Å². The number of hydrogen-bond donors (Lipinski definition) is 3. The first kappa shape index (κ1) is 19.6. The van der Waals surface area contributed by atoms with E-state index in [4.69, 9.17) is 0 Å². The van der Waals surface area contributed by atoms with Gasteiger partial charge in [0.15, 0.2) is 0 Å². The van der Waals surface area contributed by atoms with E-state index in [0.717, 1.165) is 23.9 Å². The Hall–Kier alpha value is -3.15. The monoisotopic (exact) mass is 378 g/mol. The summed E-state index contributed by atoms with van der Waals surface area (Å²) in [7, 11) is 0. The molecule has 0 aliphatic carbocycles. The average Bonchev–Trinajstić information content (AvgIpc) is 3.11. The highest BCUT2D eigenvalue weighted by molar-refractivity contribution is 5.98. The van der Waals surface area contributed by atoms with Gasteiger partial charge in [0.25, 0.3) is 11.8 Å². The van der Waals surface area contributed by atoms with Crippen molar-refractivity contribution in [3.63, 3.8) is 0 Å². The van der Waals surface area contributed by atoms with E-state index in [1.807, 2.05) is 24.4 Å². The number of amides is 2. The van der Waals surface area contributed by atoms with E-state index in [1.54, 1.807) is 6.07 Å². The Labute approximate surface area is 164 Å². The second kappa shape index (κ2) is 9.17. The van der Waals surface area contributed by atoms with Crippen LogP contribution in [0.2, 0.25) is 0 Å². The van der Waals surface area contributed by atoms with Gasteiger partial charge in [-0.05, 0) is 42.5 Å². The fourth-order valence-corrected chi connectivity index (χ4v) is 3.01. The van der Waals surface area contributed by atoms with Gasteiger partial charge in [0.1, 0.15) is 5.69 Å². The van der Waals surface area contributed by atoms with E-state index in [9.17, 15) is 9.59 Å². The number of nitrogens with zero attached hydrogens (tertiary/aromatic N) is 1. The minimum absolute atomic E-state index is 0.210. The lowest BCUT2D eigenvalue weighted by Crippen LogP contribution is -2.28. The zero-order chi connectivity index (χ0) is 19.9. The minimum Gasteiger partial charge on any atom is -0.361 e. The molecule has 146 valence electrons. The van der Waals surface area contributed by atoms with Gasteiger partial charge >= 0.3 is 0 Å². The number of hydrogen-bond acceptors (Lipinski definition) is 3. The summed E-state index contributed by atoms with van der Waals surface area (Å²) in [5.41, 5.74) is 2.94. The second-order valence-electron chi connectivity index (χ2n) is 7.23. The van der Waals surface area contributed by atoms with Crippen molar-refractivity contribution in [3.05, 3.63) is 65.6 Å². The Morgan fingerprint density at radius 3 is 2.68 bits per heavy atom. The highest BCUT2D eigenvalue weighted by atomic mass is 16.2. The zero-order valence-corrected chi connectivity index (χ0v) is 16.3. The Bertz CT molecular complexity index is 962. The smallest absolute Gasteiger partial charge is 0.269 e. The summed E-state index contributed by atoms with van der Waals surface area (Å²) in [4.78, 5) is 31.9. The number of nitrogens with one attached hydrogen (secondary N) is 3. The Kier molecular flexibility index (Phi) is 6.42. The standard InChI is InChI=1S/C22H26N4O2/c1-15(2)7-10-25-22(28)20-13-16(8-11-23-20)21(27)24-12-9-17-14-26-19-6-4-3-5-18(17)19/h3-6,8,11,13-15,26H,7,9-10,12H2,1-2H3,(H,24,27)(H,25,28). The Balaban J connectivity index is 1.55. The molecule has 0 atom stereocenters. The molecule has 0 fully saturated rings. The Morgan fingerprint density at radius 2 is 1.86 bits per heavy atom. The summed E-state index contributed by atoms with van der Waals surface area (Å²) in [5.74, 6) is 0.0510. The number of aromatic nitrogens is 2. The van der Waals surface area contributed by atoms with E-state index < -0.39 is 0 Å². The van der Waals surface area contributed by atoms with E-state index in [-0.39, 0.29) is 17.5 Å². The molecule has 0 saturated carbocycles. The molecule has 2 heterocycles. The molecule has 0 unspecified atom stereocenters. The van der Waals surface area contributed by atoms with Gasteiger partial charge in [-0.15, -0.1) is 0 Å². The topological polar surface area (TPSA) is 86.9 Å². The molecule has 2 aromatic heterocycles. The molecule has 0 bridgehead atoms.